The smallest absolute Gasteiger partial charge is 0.160 e. The monoisotopic (exact) mass is 752 g/mol. The van der Waals surface area contributed by atoms with E-state index < -0.39 is 0 Å². The Bertz CT molecular complexity index is 3260. The molecule has 0 unspecified atom stereocenters. The summed E-state index contributed by atoms with van der Waals surface area (Å²) in [6, 6.07) is 77.1. The average molecular weight is 753 g/mol. The molecule has 3 nitrogen and oxygen atoms in total. The minimum atomic E-state index is 0.668. The lowest BCUT2D eigenvalue weighted by atomic mass is 9.92. The number of benzene rings is 9. The van der Waals surface area contributed by atoms with Crippen LogP contribution in [-0.4, -0.2) is 9.97 Å². The fourth-order valence-electron chi connectivity index (χ4n) is 8.27. The number of hydrogen-bond donors (Lipinski definition) is 0. The van der Waals surface area contributed by atoms with Crippen LogP contribution < -0.4 is 0 Å². The van der Waals surface area contributed by atoms with Crippen molar-refractivity contribution in [2.24, 2.45) is 0 Å². The molecule has 0 spiro atoms. The second kappa shape index (κ2) is 14.6. The van der Waals surface area contributed by atoms with Crippen molar-refractivity contribution in [2.75, 3.05) is 0 Å². The highest BCUT2D eigenvalue weighted by molar-refractivity contribution is 6.10. The van der Waals surface area contributed by atoms with Crippen LogP contribution in [-0.2, 0) is 0 Å². The largest absolute Gasteiger partial charge is 0.455 e. The van der Waals surface area contributed by atoms with Crippen LogP contribution in [0, 0.1) is 0 Å². The molecule has 0 atom stereocenters. The van der Waals surface area contributed by atoms with Gasteiger partial charge in [-0.15, -0.1) is 0 Å². The van der Waals surface area contributed by atoms with Gasteiger partial charge in [0.05, 0.1) is 11.4 Å². The Kier molecular flexibility index (Phi) is 8.49. The van der Waals surface area contributed by atoms with E-state index in [2.05, 4.69) is 188 Å². The molecule has 11 rings (SSSR count). The third-order valence-corrected chi connectivity index (χ3v) is 11.2. The summed E-state index contributed by atoms with van der Waals surface area (Å²) in [5.74, 6) is 0.668. The molecule has 3 heteroatoms. The quantitative estimate of drug-likeness (QED) is 0.163. The van der Waals surface area contributed by atoms with Crippen molar-refractivity contribution in [3.63, 3.8) is 0 Å². The Balaban J connectivity index is 1.16. The summed E-state index contributed by atoms with van der Waals surface area (Å²) in [6.45, 7) is 0. The van der Waals surface area contributed by atoms with Gasteiger partial charge >= 0.3 is 0 Å². The molecule has 0 bridgehead atoms. The Morgan fingerprint density at radius 2 is 0.797 bits per heavy atom. The minimum absolute atomic E-state index is 0.668. The van der Waals surface area contributed by atoms with E-state index in [0.717, 1.165) is 94.5 Å². The molecule has 0 amide bonds. The van der Waals surface area contributed by atoms with Crippen LogP contribution in [0.3, 0.4) is 0 Å². The fraction of sp³-hybridized carbons (Fsp3) is 0. The summed E-state index contributed by atoms with van der Waals surface area (Å²) in [4.78, 5) is 10.6. The second-order valence-corrected chi connectivity index (χ2v) is 15.0. The Morgan fingerprint density at radius 3 is 1.47 bits per heavy atom. The minimum Gasteiger partial charge on any atom is -0.455 e. The van der Waals surface area contributed by atoms with Gasteiger partial charge in [-0.2, -0.15) is 0 Å². The van der Waals surface area contributed by atoms with Crippen LogP contribution in [0.5, 0.6) is 0 Å². The van der Waals surface area contributed by atoms with Crippen LogP contribution in [0.2, 0.25) is 0 Å². The predicted molar refractivity (Wildman–Crippen MR) is 245 cm³/mol. The van der Waals surface area contributed by atoms with Crippen molar-refractivity contribution in [3.8, 4) is 78.4 Å². The Labute approximate surface area is 342 Å². The number of para-hydroxylation sites is 2. The number of fused-ring (bicyclic) bond motifs is 4. The van der Waals surface area contributed by atoms with E-state index in [1.54, 1.807) is 0 Å². The molecule has 276 valence electrons. The SMILES string of the molecule is c1ccc(-c2cc(-c3ccccc3)cc(-c3cc(-c4cc(-c5ccc6ccccc6c5)cc(-c5cccc6c5oc5ccccc56)c4)nc(-c4ccccc4)n3)c2)cc1. The zero-order valence-electron chi connectivity index (χ0n) is 32.1. The van der Waals surface area contributed by atoms with Crippen molar-refractivity contribution < 1.29 is 4.42 Å². The van der Waals surface area contributed by atoms with Gasteiger partial charge in [-0.05, 0) is 104 Å². The molecule has 11 aromatic rings. The van der Waals surface area contributed by atoms with E-state index in [1.807, 2.05) is 30.3 Å². The summed E-state index contributed by atoms with van der Waals surface area (Å²) in [5.41, 5.74) is 15.2. The first kappa shape index (κ1) is 34.4. The van der Waals surface area contributed by atoms with Crippen molar-refractivity contribution >= 4 is 32.7 Å². The molecule has 2 aromatic heterocycles. The van der Waals surface area contributed by atoms with Gasteiger partial charge < -0.3 is 4.42 Å². The average Bonchev–Trinajstić information content (AvgIpc) is 3.71. The van der Waals surface area contributed by atoms with Crippen molar-refractivity contribution in [3.05, 3.63) is 218 Å². The maximum absolute atomic E-state index is 6.61. The normalized spacial score (nSPS) is 11.4. The van der Waals surface area contributed by atoms with E-state index in [1.165, 1.54) is 10.8 Å². The van der Waals surface area contributed by atoms with Crippen LogP contribution in [0.4, 0.5) is 0 Å². The highest BCUT2D eigenvalue weighted by Gasteiger charge is 2.18. The van der Waals surface area contributed by atoms with Gasteiger partial charge in [0.2, 0.25) is 0 Å². The second-order valence-electron chi connectivity index (χ2n) is 15.0. The summed E-state index contributed by atoms with van der Waals surface area (Å²) in [5, 5.41) is 4.61. The third-order valence-electron chi connectivity index (χ3n) is 11.2. The van der Waals surface area contributed by atoms with Crippen LogP contribution in [0.25, 0.3) is 111 Å². The molecule has 0 radical (unpaired) electrons. The number of rotatable bonds is 7. The van der Waals surface area contributed by atoms with Gasteiger partial charge in [0.1, 0.15) is 11.2 Å². The highest BCUT2D eigenvalue weighted by atomic mass is 16.3. The number of aromatic nitrogens is 2. The molecule has 2 heterocycles. The molecule has 59 heavy (non-hydrogen) atoms. The van der Waals surface area contributed by atoms with Crippen molar-refractivity contribution in [1.82, 2.24) is 9.97 Å². The lowest BCUT2D eigenvalue weighted by molar-refractivity contribution is 0.670. The summed E-state index contributed by atoms with van der Waals surface area (Å²) in [7, 11) is 0. The van der Waals surface area contributed by atoms with Gasteiger partial charge in [-0.3, -0.25) is 0 Å². The van der Waals surface area contributed by atoms with E-state index in [9.17, 15) is 0 Å². The fourth-order valence-corrected chi connectivity index (χ4v) is 8.27. The molecular formula is C56H36N2O. The maximum Gasteiger partial charge on any atom is 0.160 e. The molecule has 0 fully saturated rings. The standard InChI is InChI=1S/C56H36N2O/c1-4-15-37(16-5-1)43-30-44(38-17-6-2-7-18-38)33-47(32-43)52-36-53(58-56(57-52)40-20-8-3-9-21-40)48-34-45(42-28-27-39-19-10-11-22-41(39)29-42)31-46(35-48)49-24-14-25-51-50-23-12-13-26-54(50)59-55(49)51/h1-36H. The zero-order chi connectivity index (χ0) is 39.1. The van der Waals surface area contributed by atoms with Gasteiger partial charge in [0, 0.05) is 33.0 Å². The molecule has 0 saturated heterocycles. The third kappa shape index (κ3) is 6.55. The lowest BCUT2D eigenvalue weighted by Crippen LogP contribution is -1.97. The van der Waals surface area contributed by atoms with Gasteiger partial charge in [0.25, 0.3) is 0 Å². The van der Waals surface area contributed by atoms with E-state index in [0.29, 0.717) is 5.82 Å². The van der Waals surface area contributed by atoms with Crippen LogP contribution in [0.15, 0.2) is 223 Å². The Morgan fingerprint density at radius 1 is 0.288 bits per heavy atom. The van der Waals surface area contributed by atoms with Crippen LogP contribution >= 0.6 is 0 Å². The first-order valence-corrected chi connectivity index (χ1v) is 20.0. The topological polar surface area (TPSA) is 38.9 Å². The first-order chi connectivity index (χ1) is 29.2. The summed E-state index contributed by atoms with van der Waals surface area (Å²) < 4.78 is 6.61. The predicted octanol–water partition coefficient (Wildman–Crippen LogP) is 15.2. The molecule has 0 aliphatic heterocycles. The molecular weight excluding hydrogens is 717 g/mol. The Hall–Kier alpha value is -7.88. The van der Waals surface area contributed by atoms with Gasteiger partial charge in [0.15, 0.2) is 5.82 Å². The molecule has 0 saturated carbocycles. The molecule has 0 N–H and O–H groups in total. The highest BCUT2D eigenvalue weighted by Crippen LogP contribution is 2.41. The molecule has 0 aliphatic carbocycles. The van der Waals surface area contributed by atoms with Gasteiger partial charge in [-0.1, -0.05) is 164 Å². The summed E-state index contributed by atoms with van der Waals surface area (Å²) in [6.07, 6.45) is 0. The number of nitrogens with zero attached hydrogens (tertiary/aromatic N) is 2. The molecule has 0 aliphatic rings. The summed E-state index contributed by atoms with van der Waals surface area (Å²) >= 11 is 0. The first-order valence-electron chi connectivity index (χ1n) is 20.0. The zero-order valence-corrected chi connectivity index (χ0v) is 32.1. The van der Waals surface area contributed by atoms with Crippen LogP contribution in [0.1, 0.15) is 0 Å². The lowest BCUT2D eigenvalue weighted by Gasteiger charge is -2.15. The van der Waals surface area contributed by atoms with E-state index >= 15 is 0 Å². The number of hydrogen-bond acceptors (Lipinski definition) is 3. The van der Waals surface area contributed by atoms with E-state index in [-0.39, 0.29) is 0 Å². The molecule has 9 aromatic carbocycles. The van der Waals surface area contributed by atoms with Gasteiger partial charge in [-0.25, -0.2) is 9.97 Å². The van der Waals surface area contributed by atoms with E-state index in [4.69, 9.17) is 14.4 Å². The van der Waals surface area contributed by atoms with Crippen molar-refractivity contribution in [2.45, 2.75) is 0 Å². The number of furan rings is 1. The van der Waals surface area contributed by atoms with Crippen molar-refractivity contribution in [1.29, 1.82) is 0 Å². The maximum atomic E-state index is 6.61.